The Bertz CT molecular complexity index is 602. The van der Waals surface area contributed by atoms with Crippen LogP contribution in [-0.4, -0.2) is 72.3 Å². The molecule has 0 unspecified atom stereocenters. The molecule has 3 N–H and O–H groups in total. The molecule has 1 aromatic rings. The Morgan fingerprint density at radius 2 is 2.22 bits per heavy atom. The Balaban J connectivity index is 1.99. The number of aliphatic hydroxyl groups is 2. The molecule has 126 valence electrons. The molecule has 0 radical (unpaired) electrons. The summed E-state index contributed by atoms with van der Waals surface area (Å²) in [6.45, 7) is 0.336. The average Bonchev–Trinajstić information content (AvgIpc) is 2.96. The van der Waals surface area contributed by atoms with Crippen LogP contribution in [0.25, 0.3) is 0 Å². The lowest BCUT2D eigenvalue weighted by Gasteiger charge is -2.36. The summed E-state index contributed by atoms with van der Waals surface area (Å²) in [6, 6.07) is 4.93. The van der Waals surface area contributed by atoms with Gasteiger partial charge in [0.1, 0.15) is 23.5 Å². The normalized spacial score (nSPS) is 26.5. The Labute approximate surface area is 134 Å². The minimum absolute atomic E-state index is 0.0627. The zero-order valence-corrected chi connectivity index (χ0v) is 12.9. The van der Waals surface area contributed by atoms with Gasteiger partial charge in [0.2, 0.25) is 0 Å². The van der Waals surface area contributed by atoms with Gasteiger partial charge in [0.25, 0.3) is 0 Å². The standard InChI is InChI=1S/C16H21NO6/c1-22-11-2-3-12-13-5-17(10(6-18)7-19)8-16(13,15(20)21)9-23-14(12)4-11/h2-4,10,13,18-19H,5-9H2,1H3,(H,20,21)/t13-,16-/m0/s1. The fourth-order valence-electron chi connectivity index (χ4n) is 3.59. The van der Waals surface area contributed by atoms with E-state index in [4.69, 9.17) is 9.47 Å². The molecule has 23 heavy (non-hydrogen) atoms. The van der Waals surface area contributed by atoms with E-state index in [0.29, 0.717) is 18.0 Å². The zero-order chi connectivity index (χ0) is 16.6. The first-order valence-corrected chi connectivity index (χ1v) is 7.55. The third-order valence-electron chi connectivity index (χ3n) is 5.01. The molecule has 0 aromatic heterocycles. The van der Waals surface area contributed by atoms with Crippen molar-refractivity contribution >= 4 is 5.97 Å². The Morgan fingerprint density at radius 1 is 1.48 bits per heavy atom. The van der Waals surface area contributed by atoms with Gasteiger partial charge in [-0.15, -0.1) is 0 Å². The number of aliphatic hydroxyl groups excluding tert-OH is 2. The van der Waals surface area contributed by atoms with Crippen molar-refractivity contribution in [3.05, 3.63) is 23.8 Å². The summed E-state index contributed by atoms with van der Waals surface area (Å²) in [5.41, 5.74) is -0.235. The summed E-state index contributed by atoms with van der Waals surface area (Å²) in [5.74, 6) is 0.124. The number of hydrogen-bond donors (Lipinski definition) is 3. The van der Waals surface area contributed by atoms with E-state index >= 15 is 0 Å². The largest absolute Gasteiger partial charge is 0.497 e. The highest BCUT2D eigenvalue weighted by molar-refractivity contribution is 5.78. The van der Waals surface area contributed by atoms with Crippen molar-refractivity contribution in [1.29, 1.82) is 0 Å². The van der Waals surface area contributed by atoms with Gasteiger partial charge in [0.15, 0.2) is 0 Å². The number of nitrogens with zero attached hydrogens (tertiary/aromatic N) is 1. The van der Waals surface area contributed by atoms with E-state index in [1.54, 1.807) is 19.2 Å². The van der Waals surface area contributed by atoms with Crippen molar-refractivity contribution in [2.75, 3.05) is 40.0 Å². The number of carboxylic acids is 1. The van der Waals surface area contributed by atoms with Crippen LogP contribution < -0.4 is 9.47 Å². The SMILES string of the molecule is COc1ccc2c(c1)OC[C@@]1(C(=O)O)CN(C(CO)CO)C[C@@H]21. The number of benzene rings is 1. The molecule has 0 bridgehead atoms. The van der Waals surface area contributed by atoms with Crippen LogP contribution in [0.15, 0.2) is 18.2 Å². The molecule has 1 fully saturated rings. The minimum Gasteiger partial charge on any atom is -0.497 e. The molecule has 7 heteroatoms. The van der Waals surface area contributed by atoms with Gasteiger partial charge in [-0.05, 0) is 6.07 Å². The first-order valence-electron chi connectivity index (χ1n) is 7.55. The molecule has 2 aliphatic rings. The fourth-order valence-corrected chi connectivity index (χ4v) is 3.59. The number of rotatable bonds is 5. The predicted octanol–water partition coefficient (Wildman–Crippen LogP) is -0.0890. The van der Waals surface area contributed by atoms with Crippen molar-refractivity contribution in [3.8, 4) is 11.5 Å². The summed E-state index contributed by atoms with van der Waals surface area (Å²) in [5, 5.41) is 28.6. The molecular formula is C16H21NO6. The summed E-state index contributed by atoms with van der Waals surface area (Å²) < 4.78 is 10.9. The molecule has 2 atom stereocenters. The van der Waals surface area contributed by atoms with Gasteiger partial charge in [-0.2, -0.15) is 0 Å². The minimum atomic E-state index is -1.07. The van der Waals surface area contributed by atoms with Gasteiger partial charge in [-0.3, -0.25) is 9.69 Å². The molecule has 2 aliphatic heterocycles. The van der Waals surface area contributed by atoms with Crippen molar-refractivity contribution < 1.29 is 29.6 Å². The van der Waals surface area contributed by atoms with E-state index in [2.05, 4.69) is 0 Å². The summed E-state index contributed by atoms with van der Waals surface area (Å²) >= 11 is 0. The monoisotopic (exact) mass is 323 g/mol. The van der Waals surface area contributed by atoms with Crippen LogP contribution in [0.5, 0.6) is 11.5 Å². The number of hydrogen-bond acceptors (Lipinski definition) is 6. The molecule has 7 nitrogen and oxygen atoms in total. The van der Waals surface area contributed by atoms with Gasteiger partial charge >= 0.3 is 5.97 Å². The number of carboxylic acid groups (broad SMARTS) is 1. The van der Waals surface area contributed by atoms with Crippen LogP contribution in [-0.2, 0) is 4.79 Å². The first kappa shape index (κ1) is 16.0. The summed E-state index contributed by atoms with van der Waals surface area (Å²) in [7, 11) is 1.57. The average molecular weight is 323 g/mol. The lowest BCUT2D eigenvalue weighted by molar-refractivity contribution is -0.152. The summed E-state index contributed by atoms with van der Waals surface area (Å²) in [6.07, 6.45) is 0. The molecule has 1 aromatic carbocycles. The van der Waals surface area contributed by atoms with Crippen molar-refractivity contribution in [2.45, 2.75) is 12.0 Å². The van der Waals surface area contributed by atoms with E-state index in [1.165, 1.54) is 0 Å². The van der Waals surface area contributed by atoms with Gasteiger partial charge in [0, 0.05) is 30.6 Å². The van der Waals surface area contributed by atoms with E-state index in [0.717, 1.165) is 5.56 Å². The highest BCUT2D eigenvalue weighted by atomic mass is 16.5. The number of carbonyl (C=O) groups is 1. The molecule has 2 heterocycles. The lowest BCUT2D eigenvalue weighted by Crippen LogP contribution is -2.47. The number of likely N-dealkylation sites (tertiary alicyclic amines) is 1. The topological polar surface area (TPSA) is 99.5 Å². The number of methoxy groups -OCH3 is 1. The van der Waals surface area contributed by atoms with Crippen LogP contribution in [0.3, 0.4) is 0 Å². The van der Waals surface area contributed by atoms with E-state index < -0.39 is 17.4 Å². The first-order chi connectivity index (χ1) is 11.1. The molecule has 1 saturated heterocycles. The second-order valence-electron chi connectivity index (χ2n) is 6.15. The predicted molar refractivity (Wildman–Crippen MR) is 80.8 cm³/mol. The molecule has 0 amide bonds. The third-order valence-corrected chi connectivity index (χ3v) is 5.01. The number of ether oxygens (including phenoxy) is 2. The van der Waals surface area contributed by atoms with Gasteiger partial charge in [0.05, 0.1) is 26.4 Å². The summed E-state index contributed by atoms with van der Waals surface area (Å²) in [4.78, 5) is 13.8. The molecule has 0 saturated carbocycles. The Hall–Kier alpha value is -1.83. The molecule has 0 spiro atoms. The quantitative estimate of drug-likeness (QED) is 0.696. The van der Waals surface area contributed by atoms with Crippen LogP contribution in [0, 0.1) is 5.41 Å². The van der Waals surface area contributed by atoms with Gasteiger partial charge < -0.3 is 24.8 Å². The maximum Gasteiger partial charge on any atom is 0.315 e. The highest BCUT2D eigenvalue weighted by Crippen LogP contribution is 2.50. The van der Waals surface area contributed by atoms with Gasteiger partial charge in [-0.1, -0.05) is 6.07 Å². The van der Waals surface area contributed by atoms with E-state index in [9.17, 15) is 20.1 Å². The maximum atomic E-state index is 12.0. The second kappa shape index (κ2) is 5.99. The third kappa shape index (κ3) is 2.45. The van der Waals surface area contributed by atoms with Crippen molar-refractivity contribution in [1.82, 2.24) is 4.90 Å². The maximum absolute atomic E-state index is 12.0. The molecular weight excluding hydrogens is 302 g/mol. The Morgan fingerprint density at radius 3 is 2.83 bits per heavy atom. The fraction of sp³-hybridized carbons (Fsp3) is 0.562. The van der Waals surface area contributed by atoms with Crippen LogP contribution in [0.2, 0.25) is 0 Å². The van der Waals surface area contributed by atoms with Crippen LogP contribution in [0.1, 0.15) is 11.5 Å². The molecule has 3 rings (SSSR count). The van der Waals surface area contributed by atoms with Crippen molar-refractivity contribution in [2.24, 2.45) is 5.41 Å². The molecule has 0 aliphatic carbocycles. The zero-order valence-electron chi connectivity index (χ0n) is 12.9. The Kier molecular flexibility index (Phi) is 4.18. The van der Waals surface area contributed by atoms with Crippen molar-refractivity contribution in [3.63, 3.8) is 0 Å². The van der Waals surface area contributed by atoms with E-state index in [1.807, 2.05) is 11.0 Å². The van der Waals surface area contributed by atoms with E-state index in [-0.39, 0.29) is 32.3 Å². The van der Waals surface area contributed by atoms with Crippen LogP contribution >= 0.6 is 0 Å². The van der Waals surface area contributed by atoms with Crippen LogP contribution in [0.4, 0.5) is 0 Å². The number of fused-ring (bicyclic) bond motifs is 3. The van der Waals surface area contributed by atoms with Gasteiger partial charge in [-0.25, -0.2) is 0 Å². The lowest BCUT2D eigenvalue weighted by atomic mass is 9.73. The highest BCUT2D eigenvalue weighted by Gasteiger charge is 2.57. The second-order valence-corrected chi connectivity index (χ2v) is 6.15. The smallest absolute Gasteiger partial charge is 0.315 e. The number of aliphatic carboxylic acids is 1.